The van der Waals surface area contributed by atoms with Gasteiger partial charge in [-0.2, -0.15) is 5.10 Å². The Bertz CT molecular complexity index is 695. The van der Waals surface area contributed by atoms with Crippen LogP contribution in [0.5, 0.6) is 0 Å². The monoisotopic (exact) mass is 320 g/mol. The molecule has 2 aliphatic carbocycles. The summed E-state index contributed by atoms with van der Waals surface area (Å²) in [5, 5.41) is 13.4. The zero-order chi connectivity index (χ0) is 13.1. The molecule has 1 N–H and O–H groups in total. The fourth-order valence-corrected chi connectivity index (χ4v) is 3.08. The Morgan fingerprint density at radius 2 is 2.26 bits per heavy atom. The molecular formula is C12H9BrN4O2. The van der Waals surface area contributed by atoms with Crippen molar-refractivity contribution in [2.24, 2.45) is 5.92 Å². The van der Waals surface area contributed by atoms with Crippen molar-refractivity contribution in [2.75, 3.05) is 0 Å². The van der Waals surface area contributed by atoms with E-state index in [-0.39, 0.29) is 5.69 Å². The van der Waals surface area contributed by atoms with E-state index in [0.29, 0.717) is 22.3 Å². The number of carboxylic acids is 1. The smallest absolute Gasteiger partial charge is 0.356 e. The molecular weight excluding hydrogens is 312 g/mol. The molecule has 2 atom stereocenters. The molecule has 0 bridgehead atoms. The maximum absolute atomic E-state index is 11.3. The van der Waals surface area contributed by atoms with E-state index in [9.17, 15) is 9.90 Å². The summed E-state index contributed by atoms with van der Waals surface area (Å²) in [7, 11) is 0. The topological polar surface area (TPSA) is 80.9 Å². The highest BCUT2D eigenvalue weighted by Gasteiger charge is 2.50. The van der Waals surface area contributed by atoms with Crippen LogP contribution in [0, 0.1) is 5.92 Å². The number of nitrogens with zero attached hydrogens (tertiary/aromatic N) is 4. The molecule has 0 saturated heterocycles. The van der Waals surface area contributed by atoms with E-state index in [0.717, 1.165) is 24.1 Å². The number of carboxylic acid groups (broad SMARTS) is 1. The van der Waals surface area contributed by atoms with Crippen molar-refractivity contribution >= 4 is 21.9 Å². The Kier molecular flexibility index (Phi) is 2.12. The van der Waals surface area contributed by atoms with Crippen molar-refractivity contribution in [3.05, 3.63) is 33.9 Å². The fraction of sp³-hybridized carbons (Fsp3) is 0.333. The van der Waals surface area contributed by atoms with Crippen LogP contribution < -0.4 is 0 Å². The molecule has 4 rings (SSSR count). The van der Waals surface area contributed by atoms with Gasteiger partial charge in [-0.1, -0.05) is 0 Å². The summed E-state index contributed by atoms with van der Waals surface area (Å²) in [6.45, 7) is 0. The summed E-state index contributed by atoms with van der Waals surface area (Å²) in [5.74, 6) is 0.641. The Labute approximate surface area is 116 Å². The molecule has 2 aliphatic rings. The van der Waals surface area contributed by atoms with Gasteiger partial charge < -0.3 is 5.11 Å². The van der Waals surface area contributed by atoms with Crippen molar-refractivity contribution in [1.82, 2.24) is 19.7 Å². The van der Waals surface area contributed by atoms with Crippen LogP contribution >= 0.6 is 15.9 Å². The second kappa shape index (κ2) is 3.63. The molecule has 1 saturated carbocycles. The lowest BCUT2D eigenvalue weighted by Crippen LogP contribution is -2.06. The normalized spacial score (nSPS) is 23.0. The summed E-state index contributed by atoms with van der Waals surface area (Å²) in [6, 6.07) is 0. The SMILES string of the molecule is O=C(O)c1nn(-c2cnc(Br)cn2)c2c1C[C@H]1C[C@@H]21. The second-order valence-corrected chi connectivity index (χ2v) is 5.75. The van der Waals surface area contributed by atoms with E-state index in [1.54, 1.807) is 17.1 Å². The molecule has 0 spiro atoms. The number of aromatic carboxylic acids is 1. The first-order chi connectivity index (χ1) is 9.15. The van der Waals surface area contributed by atoms with Crippen molar-refractivity contribution in [2.45, 2.75) is 18.8 Å². The predicted molar refractivity (Wildman–Crippen MR) is 68.4 cm³/mol. The Morgan fingerprint density at radius 1 is 1.42 bits per heavy atom. The molecule has 0 amide bonds. The van der Waals surface area contributed by atoms with E-state index < -0.39 is 5.97 Å². The highest BCUT2D eigenvalue weighted by Crippen LogP contribution is 2.57. The van der Waals surface area contributed by atoms with Gasteiger partial charge in [-0.05, 0) is 34.7 Å². The molecule has 7 heteroatoms. The lowest BCUT2D eigenvalue weighted by molar-refractivity contribution is 0.0688. The van der Waals surface area contributed by atoms with Crippen LogP contribution in [-0.2, 0) is 6.42 Å². The first-order valence-electron chi connectivity index (χ1n) is 5.98. The van der Waals surface area contributed by atoms with Crippen LogP contribution in [0.4, 0.5) is 0 Å². The summed E-state index contributed by atoms with van der Waals surface area (Å²) in [6.07, 6.45) is 5.13. The molecule has 0 aromatic carbocycles. The highest BCUT2D eigenvalue weighted by molar-refractivity contribution is 9.10. The Morgan fingerprint density at radius 3 is 2.95 bits per heavy atom. The number of aromatic nitrogens is 4. The first-order valence-corrected chi connectivity index (χ1v) is 6.77. The standard InChI is InChI=1S/C12H9BrN4O2/c13-8-3-15-9(4-14-8)17-11-6-1-5(6)2-7(11)10(16-17)12(18)19/h3-6H,1-2H2,(H,18,19)/t5-,6-/m1/s1. The lowest BCUT2D eigenvalue weighted by Gasteiger charge is -2.04. The quantitative estimate of drug-likeness (QED) is 0.912. The van der Waals surface area contributed by atoms with E-state index in [2.05, 4.69) is 31.0 Å². The average Bonchev–Trinajstić information content (AvgIpc) is 2.89. The number of carbonyl (C=O) groups is 1. The minimum absolute atomic E-state index is 0.159. The molecule has 2 heterocycles. The van der Waals surface area contributed by atoms with Gasteiger partial charge >= 0.3 is 5.97 Å². The summed E-state index contributed by atoms with van der Waals surface area (Å²) in [5.41, 5.74) is 2.05. The van der Waals surface area contributed by atoms with E-state index >= 15 is 0 Å². The molecule has 19 heavy (non-hydrogen) atoms. The van der Waals surface area contributed by atoms with Crippen LogP contribution in [0.25, 0.3) is 5.82 Å². The zero-order valence-corrected chi connectivity index (χ0v) is 11.3. The first kappa shape index (κ1) is 11.1. The molecule has 2 aromatic rings. The highest BCUT2D eigenvalue weighted by atomic mass is 79.9. The molecule has 0 unspecified atom stereocenters. The van der Waals surface area contributed by atoms with Crippen molar-refractivity contribution in [3.8, 4) is 5.82 Å². The largest absolute Gasteiger partial charge is 0.476 e. The van der Waals surface area contributed by atoms with Crippen LogP contribution in [0.1, 0.15) is 34.1 Å². The van der Waals surface area contributed by atoms with Crippen LogP contribution in [0.3, 0.4) is 0 Å². The van der Waals surface area contributed by atoms with Gasteiger partial charge in [0.1, 0.15) is 4.60 Å². The third-order valence-electron chi connectivity index (χ3n) is 3.79. The summed E-state index contributed by atoms with van der Waals surface area (Å²) in [4.78, 5) is 19.6. The summed E-state index contributed by atoms with van der Waals surface area (Å²) >= 11 is 3.23. The minimum Gasteiger partial charge on any atom is -0.476 e. The van der Waals surface area contributed by atoms with Gasteiger partial charge in [-0.3, -0.25) is 0 Å². The van der Waals surface area contributed by atoms with Gasteiger partial charge in [0, 0.05) is 11.5 Å². The van der Waals surface area contributed by atoms with Crippen molar-refractivity contribution in [1.29, 1.82) is 0 Å². The molecule has 96 valence electrons. The Hall–Kier alpha value is -1.76. The van der Waals surface area contributed by atoms with Gasteiger partial charge in [-0.25, -0.2) is 19.4 Å². The van der Waals surface area contributed by atoms with Crippen LogP contribution in [-0.4, -0.2) is 30.8 Å². The zero-order valence-electron chi connectivity index (χ0n) is 9.75. The maximum atomic E-state index is 11.3. The van der Waals surface area contributed by atoms with Gasteiger partial charge in [0.15, 0.2) is 11.5 Å². The number of hydrogen-bond acceptors (Lipinski definition) is 4. The van der Waals surface area contributed by atoms with Gasteiger partial charge in [0.05, 0.1) is 18.1 Å². The third-order valence-corrected chi connectivity index (χ3v) is 4.20. The molecule has 6 nitrogen and oxygen atoms in total. The molecule has 2 aromatic heterocycles. The van der Waals surface area contributed by atoms with Gasteiger partial charge in [0.25, 0.3) is 0 Å². The molecule has 1 fully saturated rings. The predicted octanol–water partition coefficient (Wildman–Crippen LogP) is 1.78. The van der Waals surface area contributed by atoms with Crippen molar-refractivity contribution in [3.63, 3.8) is 0 Å². The number of fused-ring (bicyclic) bond motifs is 3. The number of hydrogen-bond donors (Lipinski definition) is 1. The Balaban J connectivity index is 1.91. The lowest BCUT2D eigenvalue weighted by atomic mass is 10.1. The maximum Gasteiger partial charge on any atom is 0.356 e. The van der Waals surface area contributed by atoms with Gasteiger partial charge in [-0.15, -0.1) is 0 Å². The van der Waals surface area contributed by atoms with Crippen LogP contribution in [0.2, 0.25) is 0 Å². The van der Waals surface area contributed by atoms with Gasteiger partial charge in [0.2, 0.25) is 0 Å². The third kappa shape index (κ3) is 1.54. The van der Waals surface area contributed by atoms with Crippen molar-refractivity contribution < 1.29 is 9.90 Å². The average molecular weight is 321 g/mol. The summed E-state index contributed by atoms with van der Waals surface area (Å²) < 4.78 is 2.29. The minimum atomic E-state index is -0.971. The van der Waals surface area contributed by atoms with E-state index in [1.165, 1.54) is 0 Å². The fourth-order valence-electron chi connectivity index (χ4n) is 2.88. The molecule has 0 aliphatic heterocycles. The van der Waals surface area contributed by atoms with Crippen LogP contribution in [0.15, 0.2) is 17.0 Å². The number of rotatable bonds is 2. The molecule has 0 radical (unpaired) electrons. The number of halogens is 1. The second-order valence-electron chi connectivity index (χ2n) is 4.93. The van der Waals surface area contributed by atoms with E-state index in [1.807, 2.05) is 0 Å². The van der Waals surface area contributed by atoms with E-state index in [4.69, 9.17) is 0 Å².